The molecule has 0 radical (unpaired) electrons. The molecule has 0 saturated heterocycles. The molecule has 2 aromatic rings. The summed E-state index contributed by atoms with van der Waals surface area (Å²) >= 11 is 0. The van der Waals surface area contributed by atoms with E-state index in [2.05, 4.69) is 15.3 Å². The van der Waals surface area contributed by atoms with E-state index in [9.17, 15) is 8.78 Å². The molecule has 0 spiro atoms. The molecule has 0 aliphatic heterocycles. The van der Waals surface area contributed by atoms with E-state index in [4.69, 9.17) is 0 Å². The van der Waals surface area contributed by atoms with Crippen molar-refractivity contribution in [3.63, 3.8) is 0 Å². The average Bonchev–Trinajstić information content (AvgIpc) is 3.32. The number of hydrogen-bond acceptors (Lipinski definition) is 3. The fraction of sp³-hybridized carbons (Fsp3) is 0.444. The number of aryl methyl sites for hydroxylation is 2. The van der Waals surface area contributed by atoms with Crippen LogP contribution in [0.1, 0.15) is 54.5 Å². The molecule has 122 valence electrons. The van der Waals surface area contributed by atoms with Gasteiger partial charge in [-0.2, -0.15) is 0 Å². The average molecular weight is 317 g/mol. The van der Waals surface area contributed by atoms with Crippen LogP contribution in [0.3, 0.4) is 0 Å². The number of nitrogens with one attached hydrogen (secondary N) is 1. The van der Waals surface area contributed by atoms with E-state index in [1.807, 2.05) is 20.8 Å². The summed E-state index contributed by atoms with van der Waals surface area (Å²) in [5, 5.41) is 3.45. The van der Waals surface area contributed by atoms with E-state index >= 15 is 0 Å². The van der Waals surface area contributed by atoms with Crippen molar-refractivity contribution in [3.05, 3.63) is 58.7 Å². The van der Waals surface area contributed by atoms with E-state index < -0.39 is 5.82 Å². The molecule has 0 unspecified atom stereocenters. The van der Waals surface area contributed by atoms with Crippen LogP contribution in [0, 0.1) is 31.4 Å². The fourth-order valence-corrected chi connectivity index (χ4v) is 3.04. The summed E-state index contributed by atoms with van der Waals surface area (Å²) in [6, 6.07) is 3.43. The minimum absolute atomic E-state index is 0.0381. The van der Waals surface area contributed by atoms with Crippen molar-refractivity contribution in [2.75, 3.05) is 0 Å². The van der Waals surface area contributed by atoms with E-state index in [0.717, 1.165) is 36.0 Å². The second-order valence-electron chi connectivity index (χ2n) is 6.33. The Morgan fingerprint density at radius 1 is 1.17 bits per heavy atom. The molecule has 1 aromatic heterocycles. The summed E-state index contributed by atoms with van der Waals surface area (Å²) in [4.78, 5) is 8.63. The van der Waals surface area contributed by atoms with Crippen LogP contribution in [-0.2, 0) is 0 Å². The summed E-state index contributed by atoms with van der Waals surface area (Å²) in [6.07, 6.45) is 3.87. The Balaban J connectivity index is 1.86. The van der Waals surface area contributed by atoms with Crippen molar-refractivity contribution in [1.82, 2.24) is 15.3 Å². The topological polar surface area (TPSA) is 37.8 Å². The van der Waals surface area contributed by atoms with Crippen LogP contribution in [0.15, 0.2) is 24.4 Å². The second-order valence-corrected chi connectivity index (χ2v) is 6.33. The van der Waals surface area contributed by atoms with Gasteiger partial charge in [0.1, 0.15) is 17.5 Å². The van der Waals surface area contributed by atoms with Crippen molar-refractivity contribution in [1.29, 1.82) is 0 Å². The largest absolute Gasteiger partial charge is 0.303 e. The predicted molar refractivity (Wildman–Crippen MR) is 84.9 cm³/mol. The molecule has 0 amide bonds. The Labute approximate surface area is 135 Å². The Bertz CT molecular complexity index is 713. The number of aromatic nitrogens is 2. The Kier molecular flexibility index (Phi) is 4.39. The van der Waals surface area contributed by atoms with Gasteiger partial charge in [0.2, 0.25) is 0 Å². The Morgan fingerprint density at radius 2 is 1.91 bits per heavy atom. The van der Waals surface area contributed by atoms with Gasteiger partial charge in [0.25, 0.3) is 0 Å². The number of hydrogen-bond donors (Lipinski definition) is 1. The standard InChI is InChI=1S/C18H21F2N3/c1-10-16(9-21-12(3)22-10)11(2)23-18(13-4-5-13)15-8-14(19)6-7-17(15)20/h6-9,11,13,18,23H,4-5H2,1-3H3/t11-,18-/m1/s1. The zero-order valence-electron chi connectivity index (χ0n) is 13.6. The third-order valence-corrected chi connectivity index (χ3v) is 4.42. The lowest BCUT2D eigenvalue weighted by atomic mass is 9.99. The van der Waals surface area contributed by atoms with Crippen molar-refractivity contribution in [2.45, 2.75) is 45.7 Å². The van der Waals surface area contributed by atoms with Gasteiger partial charge in [0.15, 0.2) is 0 Å². The van der Waals surface area contributed by atoms with Gasteiger partial charge < -0.3 is 5.32 Å². The van der Waals surface area contributed by atoms with Gasteiger partial charge in [-0.25, -0.2) is 18.7 Å². The third kappa shape index (κ3) is 3.55. The molecule has 1 saturated carbocycles. The molecular weight excluding hydrogens is 296 g/mol. The first-order chi connectivity index (χ1) is 11.0. The van der Waals surface area contributed by atoms with Crippen molar-refractivity contribution in [3.8, 4) is 0 Å². The number of benzene rings is 1. The van der Waals surface area contributed by atoms with Crippen molar-refractivity contribution in [2.24, 2.45) is 5.92 Å². The van der Waals surface area contributed by atoms with E-state index in [-0.39, 0.29) is 17.9 Å². The molecule has 5 heteroatoms. The maximum atomic E-state index is 14.2. The molecule has 1 aromatic carbocycles. The van der Waals surface area contributed by atoms with Crippen LogP contribution in [0.2, 0.25) is 0 Å². The number of halogens is 2. The lowest BCUT2D eigenvalue weighted by Gasteiger charge is -2.25. The smallest absolute Gasteiger partial charge is 0.128 e. The maximum Gasteiger partial charge on any atom is 0.128 e. The van der Waals surface area contributed by atoms with Crippen molar-refractivity contribution < 1.29 is 8.78 Å². The number of nitrogens with zero attached hydrogens (tertiary/aromatic N) is 2. The van der Waals surface area contributed by atoms with Gasteiger partial charge in [-0.3, -0.25) is 0 Å². The minimum atomic E-state index is -0.406. The van der Waals surface area contributed by atoms with Crippen molar-refractivity contribution >= 4 is 0 Å². The summed E-state index contributed by atoms with van der Waals surface area (Å²) < 4.78 is 27.7. The highest BCUT2D eigenvalue weighted by Crippen LogP contribution is 2.43. The zero-order valence-corrected chi connectivity index (χ0v) is 13.6. The van der Waals surface area contributed by atoms with Crippen LogP contribution in [-0.4, -0.2) is 9.97 Å². The third-order valence-electron chi connectivity index (χ3n) is 4.42. The van der Waals surface area contributed by atoms with Gasteiger partial charge in [0, 0.05) is 35.1 Å². The Morgan fingerprint density at radius 3 is 2.57 bits per heavy atom. The molecule has 3 nitrogen and oxygen atoms in total. The van der Waals surface area contributed by atoms with Gasteiger partial charge in [0.05, 0.1) is 0 Å². The van der Waals surface area contributed by atoms with Crippen LogP contribution in [0.4, 0.5) is 8.78 Å². The molecule has 23 heavy (non-hydrogen) atoms. The monoisotopic (exact) mass is 317 g/mol. The van der Waals surface area contributed by atoms with Gasteiger partial charge in [-0.05, 0) is 57.7 Å². The molecule has 3 rings (SSSR count). The van der Waals surface area contributed by atoms with Gasteiger partial charge in [-0.15, -0.1) is 0 Å². The highest BCUT2D eigenvalue weighted by molar-refractivity contribution is 5.26. The SMILES string of the molecule is Cc1ncc([C@@H](C)N[C@@H](c2cc(F)ccc2F)C2CC2)c(C)n1. The number of rotatable bonds is 5. The lowest BCUT2D eigenvalue weighted by molar-refractivity contribution is 0.408. The molecule has 1 heterocycles. The normalized spacial score (nSPS) is 17.1. The molecule has 1 fully saturated rings. The highest BCUT2D eigenvalue weighted by Gasteiger charge is 2.35. The minimum Gasteiger partial charge on any atom is -0.303 e. The molecule has 1 aliphatic rings. The summed E-state index contributed by atoms with van der Waals surface area (Å²) in [7, 11) is 0. The van der Waals surface area contributed by atoms with Gasteiger partial charge in [-0.1, -0.05) is 0 Å². The molecular formula is C18H21F2N3. The van der Waals surface area contributed by atoms with Crippen LogP contribution in [0.25, 0.3) is 0 Å². The van der Waals surface area contributed by atoms with E-state index in [1.165, 1.54) is 12.1 Å². The second kappa shape index (κ2) is 6.32. The quantitative estimate of drug-likeness (QED) is 0.899. The van der Waals surface area contributed by atoms with Gasteiger partial charge >= 0.3 is 0 Å². The summed E-state index contributed by atoms with van der Waals surface area (Å²) in [5.41, 5.74) is 2.30. The lowest BCUT2D eigenvalue weighted by Crippen LogP contribution is -2.28. The first kappa shape index (κ1) is 16.0. The Hall–Kier alpha value is -1.88. The first-order valence-corrected chi connectivity index (χ1v) is 7.97. The first-order valence-electron chi connectivity index (χ1n) is 7.97. The van der Waals surface area contributed by atoms with Crippen LogP contribution >= 0.6 is 0 Å². The molecule has 2 atom stereocenters. The van der Waals surface area contributed by atoms with E-state index in [0.29, 0.717) is 11.5 Å². The van der Waals surface area contributed by atoms with E-state index in [1.54, 1.807) is 6.20 Å². The van der Waals surface area contributed by atoms with Crippen LogP contribution in [0.5, 0.6) is 0 Å². The maximum absolute atomic E-state index is 14.2. The summed E-state index contributed by atoms with van der Waals surface area (Å²) in [5.74, 6) is 0.310. The molecule has 1 N–H and O–H groups in total. The highest BCUT2D eigenvalue weighted by atomic mass is 19.1. The fourth-order valence-electron chi connectivity index (χ4n) is 3.04. The van der Waals surface area contributed by atoms with Crippen LogP contribution < -0.4 is 5.32 Å². The zero-order chi connectivity index (χ0) is 16.6. The molecule has 1 aliphatic carbocycles. The summed E-state index contributed by atoms with van der Waals surface area (Å²) in [6.45, 7) is 5.80. The predicted octanol–water partition coefficient (Wildman–Crippen LogP) is 4.17. The molecule has 0 bridgehead atoms.